The largest absolute Gasteiger partial charge is 0.481 e. The lowest BCUT2D eigenvalue weighted by molar-refractivity contribution is -0.259. The Morgan fingerprint density at radius 3 is 2.48 bits per heavy atom. The number of benzene rings is 2. The fraction of sp³-hybridized carbons (Fsp3) is 0.486. The van der Waals surface area contributed by atoms with E-state index in [1.807, 2.05) is 36.1 Å². The Hall–Kier alpha value is -3.42. The molecule has 3 aliphatic rings. The number of ether oxygens (including phenoxy) is 1. The van der Waals surface area contributed by atoms with Gasteiger partial charge in [-0.25, -0.2) is 9.29 Å². The molecule has 2 aliphatic heterocycles. The average molecular weight is 699 g/mol. The molecular formula is C35H40ClFN4O6S. The number of likely N-dealkylation sites (N-methyl/N-ethyl adjacent to an activating group) is 1. The summed E-state index contributed by atoms with van der Waals surface area (Å²) in [7, 11) is 0. The molecule has 6 rings (SSSR count). The average Bonchev–Trinajstić information content (AvgIpc) is 3.77. The number of nitrogens with one attached hydrogen (secondary N) is 1. The summed E-state index contributed by atoms with van der Waals surface area (Å²) in [6, 6.07) is 10.00. The highest BCUT2D eigenvalue weighted by Crippen LogP contribution is 2.37. The molecule has 3 heterocycles. The minimum atomic E-state index is -1.64. The van der Waals surface area contributed by atoms with Crippen molar-refractivity contribution in [3.05, 3.63) is 63.7 Å². The zero-order valence-electron chi connectivity index (χ0n) is 26.9. The number of carbonyl (C=O) groups is 4. The van der Waals surface area contributed by atoms with Gasteiger partial charge in [0.05, 0.1) is 34.8 Å². The summed E-state index contributed by atoms with van der Waals surface area (Å²) in [6.07, 6.45) is 2.65. The number of hydrogen-bond acceptors (Lipinski definition) is 8. The van der Waals surface area contributed by atoms with Crippen LogP contribution in [-0.2, 0) is 25.5 Å². The Bertz CT molecular complexity index is 1710. The maximum Gasteiger partial charge on any atom is 0.306 e. The van der Waals surface area contributed by atoms with Crippen LogP contribution in [0, 0.1) is 11.7 Å². The van der Waals surface area contributed by atoms with Gasteiger partial charge in [-0.15, -0.1) is 11.3 Å². The molecule has 1 unspecified atom stereocenters. The Morgan fingerprint density at radius 2 is 1.79 bits per heavy atom. The van der Waals surface area contributed by atoms with E-state index < -0.39 is 41.3 Å². The third kappa shape index (κ3) is 6.86. The molecule has 48 heavy (non-hydrogen) atoms. The number of nitrogens with zero attached hydrogens (tertiary/aromatic N) is 3. The zero-order chi connectivity index (χ0) is 34.0. The Labute approximate surface area is 287 Å². The summed E-state index contributed by atoms with van der Waals surface area (Å²) in [5.41, 5.74) is 0.586. The number of anilines is 1. The highest BCUT2D eigenvalue weighted by atomic mass is 35.5. The third-order valence-electron chi connectivity index (χ3n) is 9.84. The third-order valence-corrected chi connectivity index (χ3v) is 11.1. The number of amides is 2. The van der Waals surface area contributed by atoms with Gasteiger partial charge in [-0.05, 0) is 69.2 Å². The van der Waals surface area contributed by atoms with Crippen molar-refractivity contribution in [2.24, 2.45) is 5.92 Å². The van der Waals surface area contributed by atoms with Crippen LogP contribution in [0.1, 0.15) is 61.4 Å². The lowest BCUT2D eigenvalue weighted by Crippen LogP contribution is -2.71. The van der Waals surface area contributed by atoms with Crippen LogP contribution >= 0.6 is 22.9 Å². The maximum absolute atomic E-state index is 15.8. The summed E-state index contributed by atoms with van der Waals surface area (Å²) < 4.78 is 23.6. The van der Waals surface area contributed by atoms with Crippen LogP contribution in [0.2, 0.25) is 5.02 Å². The summed E-state index contributed by atoms with van der Waals surface area (Å²) in [5.74, 6) is -4.62. The first kappa shape index (κ1) is 34.4. The lowest BCUT2D eigenvalue weighted by Gasteiger charge is -2.51. The van der Waals surface area contributed by atoms with E-state index >= 15 is 4.39 Å². The molecule has 2 N–H and O–H groups in total. The maximum atomic E-state index is 15.8. The van der Waals surface area contributed by atoms with E-state index in [-0.39, 0.29) is 35.1 Å². The Kier molecular flexibility index (Phi) is 10.5. The standard InChI is InChI=1S/C35H40ClFN4O6S/c1-2-39-15-16-41(20-32(39)43)35(40-13-5-6-14-40,47-24-11-9-22(10-12-24)34(45)46)31(42)18-23-17-27(36)29(19-28(23)37)38-33(44)26-21-48-30-8-4-3-7-25(26)30/h3-4,7-8,17,19,21-22,24H,2,5-6,9-16,18,20H2,1H3,(H,38,44)(H,45,46)/t22-,24-,35?. The van der Waals surface area contributed by atoms with Crippen LogP contribution < -0.4 is 5.32 Å². The van der Waals surface area contributed by atoms with Gasteiger partial charge in [-0.3, -0.25) is 24.1 Å². The predicted octanol–water partition coefficient (Wildman–Crippen LogP) is 5.63. The van der Waals surface area contributed by atoms with Crippen LogP contribution in [0.4, 0.5) is 10.1 Å². The van der Waals surface area contributed by atoms with Crippen molar-refractivity contribution >= 4 is 62.3 Å². The number of likely N-dealkylation sites (tertiary alicyclic amines) is 1. The fourth-order valence-corrected chi connectivity index (χ4v) is 8.37. The molecule has 2 aromatic carbocycles. The Balaban J connectivity index is 1.29. The van der Waals surface area contributed by atoms with Gasteiger partial charge >= 0.3 is 5.97 Å². The molecule has 256 valence electrons. The summed E-state index contributed by atoms with van der Waals surface area (Å²) >= 11 is 8.04. The van der Waals surface area contributed by atoms with Gasteiger partial charge in [0, 0.05) is 54.6 Å². The zero-order valence-corrected chi connectivity index (χ0v) is 28.5. The van der Waals surface area contributed by atoms with E-state index in [1.54, 1.807) is 15.2 Å². The van der Waals surface area contributed by atoms with Crippen molar-refractivity contribution in [1.29, 1.82) is 0 Å². The number of carboxylic acid groups (broad SMARTS) is 1. The van der Waals surface area contributed by atoms with E-state index in [0.29, 0.717) is 64.0 Å². The van der Waals surface area contributed by atoms with E-state index in [1.165, 1.54) is 17.4 Å². The van der Waals surface area contributed by atoms with Gasteiger partial charge in [-0.1, -0.05) is 29.8 Å². The molecule has 0 radical (unpaired) electrons. The SMILES string of the molecule is CCN1CCN(C(O[C@H]2CC[C@H](C(=O)O)CC2)(C(=O)Cc2cc(Cl)c(NC(=O)c3csc4ccccc34)cc2F)N2CCCC2)CC1=O. The number of hydrogen-bond donors (Lipinski definition) is 2. The number of Topliss-reactive ketones (excluding diaryl/α,β-unsaturated/α-hetero) is 1. The Morgan fingerprint density at radius 1 is 1.06 bits per heavy atom. The molecule has 2 amide bonds. The van der Waals surface area contributed by atoms with E-state index in [2.05, 4.69) is 5.32 Å². The van der Waals surface area contributed by atoms with E-state index in [0.717, 1.165) is 29.0 Å². The molecule has 1 aromatic heterocycles. The highest BCUT2D eigenvalue weighted by molar-refractivity contribution is 7.17. The van der Waals surface area contributed by atoms with Crippen LogP contribution in [0.25, 0.3) is 10.1 Å². The monoisotopic (exact) mass is 698 g/mol. The summed E-state index contributed by atoms with van der Waals surface area (Å²) in [5, 5.41) is 14.9. The summed E-state index contributed by atoms with van der Waals surface area (Å²) in [6.45, 7) is 4.34. The minimum Gasteiger partial charge on any atom is -0.481 e. The minimum absolute atomic E-state index is 0.0357. The van der Waals surface area contributed by atoms with Crippen molar-refractivity contribution < 1.29 is 33.4 Å². The first-order valence-corrected chi connectivity index (χ1v) is 17.8. The van der Waals surface area contributed by atoms with Crippen LogP contribution in [0.3, 0.4) is 0 Å². The van der Waals surface area contributed by atoms with Gasteiger partial charge in [-0.2, -0.15) is 0 Å². The van der Waals surface area contributed by atoms with E-state index in [9.17, 15) is 24.3 Å². The molecule has 13 heteroatoms. The second-order valence-electron chi connectivity index (χ2n) is 12.8. The molecule has 1 aliphatic carbocycles. The topological polar surface area (TPSA) is 119 Å². The number of rotatable bonds is 11. The number of aliphatic carboxylic acids is 1. The number of carboxylic acids is 1. The normalized spacial score (nSPS) is 22.1. The number of halogens is 2. The number of piperazine rings is 1. The van der Waals surface area contributed by atoms with Crippen LogP contribution in [-0.4, -0.2) is 94.6 Å². The second kappa shape index (κ2) is 14.6. The molecule has 1 atom stereocenters. The van der Waals surface area contributed by atoms with Crippen molar-refractivity contribution in [1.82, 2.24) is 14.7 Å². The van der Waals surface area contributed by atoms with Crippen molar-refractivity contribution in [3.63, 3.8) is 0 Å². The molecule has 1 saturated carbocycles. The van der Waals surface area contributed by atoms with Gasteiger partial charge in [0.2, 0.25) is 11.8 Å². The molecule has 2 saturated heterocycles. The number of carbonyl (C=O) groups excluding carboxylic acids is 3. The van der Waals surface area contributed by atoms with Gasteiger partial charge < -0.3 is 20.1 Å². The second-order valence-corrected chi connectivity index (χ2v) is 14.1. The lowest BCUT2D eigenvalue weighted by atomic mass is 9.87. The van der Waals surface area contributed by atoms with Crippen molar-refractivity contribution in [2.45, 2.75) is 63.8 Å². The smallest absolute Gasteiger partial charge is 0.306 e. The molecule has 0 spiro atoms. The van der Waals surface area contributed by atoms with Crippen molar-refractivity contribution in [3.8, 4) is 0 Å². The van der Waals surface area contributed by atoms with Crippen LogP contribution in [0.15, 0.2) is 41.8 Å². The summed E-state index contributed by atoms with van der Waals surface area (Å²) in [4.78, 5) is 58.2. The quantitative estimate of drug-likeness (QED) is 0.265. The molecular weight excluding hydrogens is 659 g/mol. The molecule has 10 nitrogen and oxygen atoms in total. The number of ketones is 1. The fourth-order valence-electron chi connectivity index (χ4n) is 7.20. The number of thiophene rings is 1. The van der Waals surface area contributed by atoms with Gasteiger partial charge in [0.25, 0.3) is 5.91 Å². The van der Waals surface area contributed by atoms with Gasteiger partial charge in [0.1, 0.15) is 5.82 Å². The number of fused-ring (bicyclic) bond motifs is 1. The van der Waals surface area contributed by atoms with Gasteiger partial charge in [0.15, 0.2) is 5.78 Å². The van der Waals surface area contributed by atoms with E-state index in [4.69, 9.17) is 16.3 Å². The highest BCUT2D eigenvalue weighted by Gasteiger charge is 2.54. The molecule has 3 aromatic rings. The first-order chi connectivity index (χ1) is 23.1. The predicted molar refractivity (Wildman–Crippen MR) is 182 cm³/mol. The molecule has 3 fully saturated rings. The molecule has 0 bridgehead atoms. The van der Waals surface area contributed by atoms with Crippen LogP contribution in [0.5, 0.6) is 0 Å². The first-order valence-electron chi connectivity index (χ1n) is 16.6. The van der Waals surface area contributed by atoms with Crippen molar-refractivity contribution in [2.75, 3.05) is 44.6 Å².